The highest BCUT2D eigenvalue weighted by molar-refractivity contribution is 7.48. The molecule has 276 valence electrons. The van der Waals surface area contributed by atoms with Crippen LogP contribution in [0.1, 0.15) is 59.8 Å². The Morgan fingerprint density at radius 2 is 1.32 bits per heavy atom. The van der Waals surface area contributed by atoms with Gasteiger partial charge in [0.1, 0.15) is 17.8 Å². The molecule has 0 spiro atoms. The maximum absolute atomic E-state index is 13.8. The Hall–Kier alpha value is -5.62. The van der Waals surface area contributed by atoms with Crippen LogP contribution in [0.4, 0.5) is 0 Å². The molecule has 2 atom stereocenters. The van der Waals surface area contributed by atoms with Crippen LogP contribution in [0.2, 0.25) is 0 Å². The quantitative estimate of drug-likeness (QED) is 0.0807. The zero-order chi connectivity index (χ0) is 37.5. The Kier molecular flexibility index (Phi) is 14.0. The van der Waals surface area contributed by atoms with E-state index in [0.29, 0.717) is 24.2 Å². The summed E-state index contributed by atoms with van der Waals surface area (Å²) in [6, 6.07) is 33.0. The minimum absolute atomic E-state index is 0.00246. The number of benzene rings is 4. The van der Waals surface area contributed by atoms with Crippen LogP contribution in [-0.4, -0.2) is 33.9 Å². The molecule has 0 bridgehead atoms. The minimum Gasteiger partial charge on any atom is -0.404 e. The first kappa shape index (κ1) is 38.6. The van der Waals surface area contributed by atoms with E-state index < -0.39 is 37.6 Å². The molecule has 5 rings (SSSR count). The van der Waals surface area contributed by atoms with E-state index >= 15 is 0 Å². The van der Waals surface area contributed by atoms with Crippen LogP contribution in [0.15, 0.2) is 120 Å². The monoisotopic (exact) mass is 739 g/mol. The molecule has 13 nitrogen and oxygen atoms in total. The van der Waals surface area contributed by atoms with E-state index in [-0.39, 0.29) is 44.1 Å². The molecule has 0 saturated carbocycles. The van der Waals surface area contributed by atoms with Gasteiger partial charge in [-0.15, -0.1) is 0 Å². The zero-order valence-corrected chi connectivity index (χ0v) is 30.2. The number of rotatable bonds is 20. The second-order valence-corrected chi connectivity index (χ2v) is 13.9. The van der Waals surface area contributed by atoms with E-state index in [1.807, 2.05) is 91.0 Å². The van der Waals surface area contributed by atoms with Crippen molar-refractivity contribution in [3.05, 3.63) is 149 Å². The number of nitrogens with zero attached hydrogens (tertiary/aromatic N) is 2. The Bertz CT molecular complexity index is 1910. The lowest BCUT2D eigenvalue weighted by Crippen LogP contribution is -2.48. The molecule has 0 fully saturated rings. The van der Waals surface area contributed by atoms with Gasteiger partial charge in [-0.05, 0) is 47.2 Å². The van der Waals surface area contributed by atoms with Gasteiger partial charge in [0.05, 0.1) is 13.2 Å². The van der Waals surface area contributed by atoms with Crippen molar-refractivity contribution < 1.29 is 37.0 Å². The molecule has 5 aromatic rings. The van der Waals surface area contributed by atoms with Gasteiger partial charge in [0.2, 0.25) is 23.6 Å². The number of hydrogen-bond donors (Lipinski definition) is 3. The topological polar surface area (TPSA) is 185 Å². The molecular formula is C39H42N5O8P. The summed E-state index contributed by atoms with van der Waals surface area (Å²) in [6.07, 6.45) is 1.34. The Balaban J connectivity index is 1.25. The number of carbonyl (C=O) groups excluding carboxylic acids is 3. The summed E-state index contributed by atoms with van der Waals surface area (Å²) in [5.74, 6) is -0.736. The molecule has 4 aromatic carbocycles. The first-order chi connectivity index (χ1) is 25.6. The van der Waals surface area contributed by atoms with Crippen molar-refractivity contribution in [1.82, 2.24) is 20.8 Å². The molecule has 0 saturated heterocycles. The molecular weight excluding hydrogens is 697 g/mol. The van der Waals surface area contributed by atoms with Gasteiger partial charge < -0.3 is 25.4 Å². The van der Waals surface area contributed by atoms with Crippen molar-refractivity contribution in [2.75, 3.05) is 0 Å². The van der Waals surface area contributed by atoms with Crippen LogP contribution < -0.4 is 20.9 Å². The third-order valence-electron chi connectivity index (χ3n) is 8.00. The van der Waals surface area contributed by atoms with Gasteiger partial charge in [0.25, 0.3) is 0 Å². The molecule has 4 N–H and O–H groups in total. The van der Waals surface area contributed by atoms with E-state index in [1.54, 1.807) is 24.3 Å². The van der Waals surface area contributed by atoms with Gasteiger partial charge >= 0.3 is 7.82 Å². The third-order valence-corrected chi connectivity index (χ3v) is 9.32. The first-order valence-corrected chi connectivity index (χ1v) is 18.6. The summed E-state index contributed by atoms with van der Waals surface area (Å²) in [5.41, 5.74) is 8.76. The number of nitrogens with two attached hydrogens (primary N) is 1. The average Bonchev–Trinajstić information content (AvgIpc) is 3.64. The average molecular weight is 740 g/mol. The smallest absolute Gasteiger partial charge is 0.404 e. The molecule has 1 aromatic heterocycles. The highest BCUT2D eigenvalue weighted by Gasteiger charge is 2.30. The van der Waals surface area contributed by atoms with Crippen molar-refractivity contribution >= 4 is 25.5 Å². The van der Waals surface area contributed by atoms with Crippen LogP contribution in [0.25, 0.3) is 0 Å². The molecule has 3 amide bonds. The molecule has 1 heterocycles. The fraction of sp³-hybridized carbons (Fsp3) is 0.256. The summed E-state index contributed by atoms with van der Waals surface area (Å²) in [4.78, 5) is 42.0. The highest BCUT2D eigenvalue weighted by Crippen LogP contribution is 2.51. The molecule has 14 heteroatoms. The van der Waals surface area contributed by atoms with E-state index in [4.69, 9.17) is 23.8 Å². The lowest BCUT2D eigenvalue weighted by molar-refractivity contribution is -0.128. The lowest BCUT2D eigenvalue weighted by atomic mass is 10.0. The van der Waals surface area contributed by atoms with Gasteiger partial charge in [-0.25, -0.2) is 4.57 Å². The third kappa shape index (κ3) is 12.8. The fourth-order valence-corrected chi connectivity index (χ4v) is 6.45. The van der Waals surface area contributed by atoms with Crippen molar-refractivity contribution in [2.24, 2.45) is 5.73 Å². The molecule has 53 heavy (non-hydrogen) atoms. The highest BCUT2D eigenvalue weighted by atomic mass is 31.2. The van der Waals surface area contributed by atoms with Crippen LogP contribution in [0, 0.1) is 0 Å². The number of primary amides is 1. The number of carbonyl (C=O) groups is 3. The van der Waals surface area contributed by atoms with Crippen LogP contribution in [0.3, 0.4) is 0 Å². The Morgan fingerprint density at radius 3 is 1.87 bits per heavy atom. The number of aryl methyl sites for hydroxylation is 2. The predicted octanol–water partition coefficient (Wildman–Crippen LogP) is 5.95. The van der Waals surface area contributed by atoms with E-state index in [1.165, 1.54) is 6.92 Å². The lowest BCUT2D eigenvalue weighted by Gasteiger charge is -2.22. The van der Waals surface area contributed by atoms with Crippen LogP contribution >= 0.6 is 7.82 Å². The van der Waals surface area contributed by atoms with Gasteiger partial charge in [0.15, 0.2) is 5.82 Å². The summed E-state index contributed by atoms with van der Waals surface area (Å²) in [7, 11) is -4.10. The SMILES string of the molecule is CC(=O)N[C@@H](Cc1ccc(OP(=O)(OCc2ccccc2)OCc2ccccc2)cc1)C(=O)N[C@@H](CCC(N)=O)c1nc(CCc2ccccc2)no1. The first-order valence-electron chi connectivity index (χ1n) is 17.1. The minimum atomic E-state index is -4.10. The Labute approximate surface area is 307 Å². The van der Waals surface area contributed by atoms with Crippen LogP contribution in [0.5, 0.6) is 5.75 Å². The van der Waals surface area contributed by atoms with E-state index in [9.17, 15) is 18.9 Å². The second-order valence-electron chi connectivity index (χ2n) is 12.3. The largest absolute Gasteiger partial charge is 0.530 e. The predicted molar refractivity (Wildman–Crippen MR) is 196 cm³/mol. The number of amides is 3. The Morgan fingerprint density at radius 1 is 0.755 bits per heavy atom. The molecule has 0 radical (unpaired) electrons. The number of phosphoric acid groups is 1. The number of nitrogens with one attached hydrogen (secondary N) is 2. The van der Waals surface area contributed by atoms with Crippen LogP contribution in [-0.2, 0) is 60.5 Å². The maximum Gasteiger partial charge on any atom is 0.530 e. The molecule has 0 aliphatic carbocycles. The second kappa shape index (κ2) is 19.3. The normalized spacial score (nSPS) is 12.4. The fourth-order valence-electron chi connectivity index (χ4n) is 5.28. The summed E-state index contributed by atoms with van der Waals surface area (Å²) < 4.78 is 36.5. The number of hydrogen-bond acceptors (Lipinski definition) is 10. The number of aromatic nitrogens is 2. The zero-order valence-electron chi connectivity index (χ0n) is 29.3. The van der Waals surface area contributed by atoms with Crippen molar-refractivity contribution in [3.8, 4) is 5.75 Å². The van der Waals surface area contributed by atoms with Gasteiger partial charge in [-0.3, -0.25) is 23.4 Å². The summed E-state index contributed by atoms with van der Waals surface area (Å²) in [6.45, 7) is 1.30. The maximum atomic E-state index is 13.8. The number of phosphoric ester groups is 1. The molecule has 0 aliphatic heterocycles. The van der Waals surface area contributed by atoms with Crippen molar-refractivity contribution in [2.45, 2.75) is 64.3 Å². The van der Waals surface area contributed by atoms with E-state index in [0.717, 1.165) is 16.7 Å². The summed E-state index contributed by atoms with van der Waals surface area (Å²) >= 11 is 0. The van der Waals surface area contributed by atoms with Gasteiger partial charge in [-0.2, -0.15) is 4.98 Å². The standard InChI is InChI=1S/C39H42N5O8P/c1-28(45)41-35(38(47)42-34(22-23-36(40)46)39-43-37(44-51-39)24-19-29-11-5-2-6-12-29)25-30-17-20-33(21-18-30)52-53(48,49-26-31-13-7-3-8-14-31)50-27-32-15-9-4-10-16-32/h2-18,20-21,34-35H,19,22-27H2,1H3,(H2,40,46)(H,41,45)(H,42,47)/t34-,35-/m0/s1. The van der Waals surface area contributed by atoms with E-state index in [2.05, 4.69) is 20.8 Å². The van der Waals surface area contributed by atoms with Gasteiger partial charge in [0, 0.05) is 26.2 Å². The van der Waals surface area contributed by atoms with Crippen molar-refractivity contribution in [1.29, 1.82) is 0 Å². The summed E-state index contributed by atoms with van der Waals surface area (Å²) in [5, 5.41) is 9.59. The van der Waals surface area contributed by atoms with Crippen molar-refractivity contribution in [3.63, 3.8) is 0 Å². The molecule has 0 unspecified atom stereocenters. The molecule has 0 aliphatic rings. The van der Waals surface area contributed by atoms with Gasteiger partial charge in [-0.1, -0.05) is 108 Å².